The van der Waals surface area contributed by atoms with E-state index in [9.17, 15) is 24.0 Å². The highest BCUT2D eigenvalue weighted by molar-refractivity contribution is 7.98. The molecule has 6 aromatic heterocycles. The summed E-state index contributed by atoms with van der Waals surface area (Å²) < 4.78 is 3.03. The summed E-state index contributed by atoms with van der Waals surface area (Å²) in [6.07, 6.45) is 5.92. The van der Waals surface area contributed by atoms with Gasteiger partial charge >= 0.3 is 0 Å². The Bertz CT molecular complexity index is 3390. The average Bonchev–Trinajstić information content (AvgIpc) is 4.16. The van der Waals surface area contributed by atoms with E-state index < -0.39 is 41.6 Å². The smallest absolute Gasteiger partial charge is 0.254 e. The number of benzene rings is 3. The van der Waals surface area contributed by atoms with E-state index in [0.29, 0.717) is 22.3 Å². The molecule has 15 N–H and O–H groups in total. The van der Waals surface area contributed by atoms with Crippen LogP contribution in [0.4, 0.5) is 46.4 Å². The van der Waals surface area contributed by atoms with Crippen LogP contribution in [-0.4, -0.2) is 92.7 Å². The highest BCUT2D eigenvalue weighted by Crippen LogP contribution is 2.29. The second-order valence-corrected chi connectivity index (χ2v) is 20.1. The molecule has 3 aromatic carbocycles. The highest BCUT2D eigenvalue weighted by Gasteiger charge is 2.23. The molecule has 5 amide bonds. The lowest BCUT2D eigenvalue weighted by atomic mass is 10.0. The Morgan fingerprint density at radius 1 is 0.480 bits per heavy atom. The Kier molecular flexibility index (Phi) is 17.5. The van der Waals surface area contributed by atoms with E-state index in [4.69, 9.17) is 28.7 Å². The second kappa shape index (κ2) is 24.3. The van der Waals surface area contributed by atoms with Crippen molar-refractivity contribution in [2.75, 3.05) is 32.8 Å². The van der Waals surface area contributed by atoms with E-state index in [1.54, 1.807) is 27.9 Å². The molecule has 386 valence electrons. The van der Waals surface area contributed by atoms with Crippen LogP contribution >= 0.6 is 45.8 Å². The second-order valence-electron chi connectivity index (χ2n) is 16.6. The van der Waals surface area contributed by atoms with E-state index in [-0.39, 0.29) is 52.1 Å². The van der Waals surface area contributed by atoms with Gasteiger partial charge in [-0.3, -0.25) is 24.0 Å². The molecular formula is C47H49N19O5S4. The summed E-state index contributed by atoms with van der Waals surface area (Å²) >= 11 is 5.95. The molecular weight excluding hydrogens is 1040 g/mol. The fourth-order valence-corrected chi connectivity index (χ4v) is 9.30. The molecule has 9 aromatic rings. The van der Waals surface area contributed by atoms with Crippen molar-refractivity contribution < 1.29 is 24.0 Å². The molecule has 0 saturated heterocycles. The lowest BCUT2D eigenvalue weighted by Crippen LogP contribution is -2.40. The molecule has 0 saturated carbocycles. The van der Waals surface area contributed by atoms with Crippen molar-refractivity contribution in [2.45, 2.75) is 44.9 Å². The number of thioether (sulfide) groups is 1. The first-order chi connectivity index (χ1) is 35.9. The first kappa shape index (κ1) is 54.1. The third-order valence-electron chi connectivity index (χ3n) is 10.6. The summed E-state index contributed by atoms with van der Waals surface area (Å²) in [6.45, 7) is 7.40. The van der Waals surface area contributed by atoms with E-state index in [0.717, 1.165) is 36.3 Å². The van der Waals surface area contributed by atoms with E-state index in [1.165, 1.54) is 53.0 Å². The average molecular weight is 1090 g/mol. The number of fused-ring (bicyclic) bond motifs is 3. The molecule has 0 aliphatic heterocycles. The van der Waals surface area contributed by atoms with Crippen molar-refractivity contribution >= 4 is 152 Å². The molecule has 6 heterocycles. The molecule has 9 rings (SSSR count). The molecule has 0 spiro atoms. The van der Waals surface area contributed by atoms with Crippen molar-refractivity contribution in [3.8, 4) is 0 Å². The van der Waals surface area contributed by atoms with Crippen LogP contribution in [0.2, 0.25) is 0 Å². The summed E-state index contributed by atoms with van der Waals surface area (Å²) in [4.78, 5) is 96.0. The first-order valence-corrected chi connectivity index (χ1v) is 26.2. The van der Waals surface area contributed by atoms with Crippen molar-refractivity contribution in [1.29, 1.82) is 0 Å². The minimum atomic E-state index is -0.668. The molecule has 0 unspecified atom stereocenters. The van der Waals surface area contributed by atoms with E-state index >= 15 is 0 Å². The molecule has 24 nitrogen and oxygen atoms in total. The van der Waals surface area contributed by atoms with Crippen LogP contribution in [0.3, 0.4) is 0 Å². The topological polar surface area (TPSA) is 392 Å². The van der Waals surface area contributed by atoms with Gasteiger partial charge in [0, 0.05) is 35.7 Å². The largest absolute Gasteiger partial charge is 0.368 e. The standard InChI is InChI=1S/2C17H19N7O2S.C13H11N5OS2/c2*1-8(2)13(15(19)26)23-17-20-6-10(14(18)25)16(24-17)22-9-3-4-11-12(5-9)27-7-21-11;1-20-13-15-5-8(11(14)19)12(18-13)17-7-2-3-9-10(4-7)21-6-16-9/h2*3-8,13H,1-2H3,(H2,18,25)(H2,19,26)(H2,20,22,23,24);2-6H,1H3,(H2,14,19)(H,15,17,18)/t2*13-;/m11./s1. The number of rotatable bonds is 18. The number of thiazole rings is 3. The number of nitrogens with one attached hydrogen (secondary N) is 5. The van der Waals surface area contributed by atoms with Gasteiger partial charge in [0.2, 0.25) is 23.7 Å². The number of carbonyl (C=O) groups is 5. The number of primary amides is 5. The fraction of sp³-hybridized carbons (Fsp3) is 0.191. The number of nitrogens with zero attached hydrogens (tertiary/aromatic N) is 9. The minimum Gasteiger partial charge on any atom is -0.368 e. The third-order valence-corrected chi connectivity index (χ3v) is 13.6. The summed E-state index contributed by atoms with van der Waals surface area (Å²) in [5, 5.41) is 15.6. The van der Waals surface area contributed by atoms with Crippen LogP contribution < -0.4 is 55.3 Å². The molecule has 2 atom stereocenters. The Morgan fingerprint density at radius 2 is 0.813 bits per heavy atom. The van der Waals surface area contributed by atoms with Crippen LogP contribution in [0.25, 0.3) is 30.6 Å². The van der Waals surface area contributed by atoms with Gasteiger partial charge in [0.05, 0.1) is 47.2 Å². The molecule has 0 bridgehead atoms. The molecule has 0 aliphatic rings. The summed E-state index contributed by atoms with van der Waals surface area (Å²) in [5.41, 5.74) is 37.8. The SMILES string of the molecule is CC(C)[C@@H](Nc1ncc(C(N)=O)c(Nc2ccc3ncsc3c2)n1)C(N)=O.CC(C)[C@@H](Nc1ncc(C(N)=O)c(Nc2ccc3ncsc3c2)n1)C(N)=O.CSc1ncc(C(N)=O)c(Nc2ccc3ncsc3c2)n1. The van der Waals surface area contributed by atoms with Gasteiger partial charge in [-0.15, -0.1) is 34.0 Å². The maximum absolute atomic E-state index is 11.7. The molecule has 28 heteroatoms. The predicted octanol–water partition coefficient (Wildman–Crippen LogP) is 6.35. The number of hydrogen-bond donors (Lipinski definition) is 10. The van der Waals surface area contributed by atoms with Crippen LogP contribution in [0.5, 0.6) is 0 Å². The summed E-state index contributed by atoms with van der Waals surface area (Å²) in [5.74, 6) is -1.86. The summed E-state index contributed by atoms with van der Waals surface area (Å²) in [6, 6.07) is 15.6. The predicted molar refractivity (Wildman–Crippen MR) is 295 cm³/mol. The Hall–Kier alpha value is -8.73. The zero-order valence-electron chi connectivity index (χ0n) is 40.6. The van der Waals surface area contributed by atoms with Crippen molar-refractivity contribution in [2.24, 2.45) is 40.5 Å². The van der Waals surface area contributed by atoms with E-state index in [1.807, 2.05) is 88.5 Å². The van der Waals surface area contributed by atoms with Crippen LogP contribution in [0.1, 0.15) is 58.8 Å². The molecule has 0 aliphatic carbocycles. The Morgan fingerprint density at radius 3 is 1.12 bits per heavy atom. The monoisotopic (exact) mass is 1090 g/mol. The van der Waals surface area contributed by atoms with Gasteiger partial charge in [-0.2, -0.15) is 9.97 Å². The van der Waals surface area contributed by atoms with Gasteiger partial charge in [0.1, 0.15) is 46.2 Å². The molecule has 0 radical (unpaired) electrons. The van der Waals surface area contributed by atoms with Gasteiger partial charge in [-0.25, -0.2) is 34.9 Å². The lowest BCUT2D eigenvalue weighted by Gasteiger charge is -2.19. The number of hydrogen-bond acceptors (Lipinski definition) is 23. The fourth-order valence-electron chi connectivity index (χ4n) is 6.81. The minimum absolute atomic E-state index is 0.0629. The number of nitrogens with two attached hydrogens (primary N) is 5. The number of anilines is 8. The van der Waals surface area contributed by atoms with Crippen LogP contribution in [0, 0.1) is 11.8 Å². The van der Waals surface area contributed by atoms with Gasteiger partial charge < -0.3 is 55.3 Å². The first-order valence-electron chi connectivity index (χ1n) is 22.3. The Labute approximate surface area is 443 Å². The van der Waals surface area contributed by atoms with Gasteiger partial charge in [0.15, 0.2) is 5.16 Å². The maximum Gasteiger partial charge on any atom is 0.254 e. The maximum atomic E-state index is 11.7. The van der Waals surface area contributed by atoms with Gasteiger partial charge in [-0.1, -0.05) is 39.5 Å². The number of amides is 5. The van der Waals surface area contributed by atoms with Crippen LogP contribution in [-0.2, 0) is 9.59 Å². The third kappa shape index (κ3) is 13.9. The van der Waals surface area contributed by atoms with Gasteiger partial charge in [0.25, 0.3) is 17.7 Å². The van der Waals surface area contributed by atoms with Crippen molar-refractivity contribution in [3.05, 3.63) is 106 Å². The zero-order chi connectivity index (χ0) is 53.9. The summed E-state index contributed by atoms with van der Waals surface area (Å²) in [7, 11) is 0. The van der Waals surface area contributed by atoms with Crippen LogP contribution in [0.15, 0.2) is 94.9 Å². The number of aromatic nitrogens is 9. The van der Waals surface area contributed by atoms with Crippen molar-refractivity contribution in [1.82, 2.24) is 44.9 Å². The Balaban J connectivity index is 0.000000165. The van der Waals surface area contributed by atoms with Crippen molar-refractivity contribution in [3.63, 3.8) is 0 Å². The quantitative estimate of drug-likeness (QED) is 0.0330. The lowest BCUT2D eigenvalue weighted by molar-refractivity contribution is -0.120. The molecule has 0 fully saturated rings. The normalized spacial score (nSPS) is 11.7. The van der Waals surface area contributed by atoms with E-state index in [2.05, 4.69) is 71.4 Å². The zero-order valence-corrected chi connectivity index (χ0v) is 43.8. The molecule has 75 heavy (non-hydrogen) atoms. The number of carbonyl (C=O) groups excluding carboxylic acids is 5. The highest BCUT2D eigenvalue weighted by atomic mass is 32.2. The van der Waals surface area contributed by atoms with Gasteiger partial charge in [-0.05, 0) is 72.7 Å².